The van der Waals surface area contributed by atoms with Crippen molar-refractivity contribution in [1.29, 1.82) is 0 Å². The molecule has 0 bridgehead atoms. The number of hydrogen-bond donors (Lipinski definition) is 2. The molecule has 0 aromatic heterocycles. The average molecular weight is 294 g/mol. The Morgan fingerprint density at radius 1 is 1.19 bits per heavy atom. The Bertz CT molecular complexity index is 449. The third-order valence-corrected chi connectivity index (χ3v) is 3.30. The number of hydrogen-bond acceptors (Lipinski definition) is 4. The zero-order valence-corrected chi connectivity index (χ0v) is 13.4. The zero-order chi connectivity index (χ0) is 15.7. The highest BCUT2D eigenvalue weighted by molar-refractivity contribution is 5.78. The van der Waals surface area contributed by atoms with E-state index >= 15 is 0 Å². The highest BCUT2D eigenvalue weighted by Gasteiger charge is 2.13. The van der Waals surface area contributed by atoms with Crippen LogP contribution < -0.4 is 20.1 Å². The molecule has 1 rings (SSSR count). The van der Waals surface area contributed by atoms with Crippen LogP contribution in [0.15, 0.2) is 18.2 Å². The minimum Gasteiger partial charge on any atom is -0.493 e. The number of ether oxygens (including phenoxy) is 2. The van der Waals surface area contributed by atoms with E-state index in [4.69, 9.17) is 9.47 Å². The summed E-state index contributed by atoms with van der Waals surface area (Å²) in [4.78, 5) is 11.7. The second-order valence-electron chi connectivity index (χ2n) is 4.81. The first kappa shape index (κ1) is 17.3. The predicted molar refractivity (Wildman–Crippen MR) is 83.9 cm³/mol. The largest absolute Gasteiger partial charge is 0.493 e. The summed E-state index contributed by atoms with van der Waals surface area (Å²) < 4.78 is 10.6. The van der Waals surface area contributed by atoms with Crippen molar-refractivity contribution in [2.45, 2.75) is 32.7 Å². The first-order valence-electron chi connectivity index (χ1n) is 7.38. The van der Waals surface area contributed by atoms with Crippen LogP contribution in [-0.4, -0.2) is 33.2 Å². The lowest BCUT2D eigenvalue weighted by molar-refractivity contribution is -0.120. The maximum Gasteiger partial charge on any atom is 0.233 e. The highest BCUT2D eigenvalue weighted by atomic mass is 16.5. The van der Waals surface area contributed by atoms with Crippen LogP contribution in [0.4, 0.5) is 0 Å². The summed E-state index contributed by atoms with van der Waals surface area (Å²) in [6.07, 6.45) is 1.83. The van der Waals surface area contributed by atoms with Gasteiger partial charge in [-0.15, -0.1) is 0 Å². The van der Waals surface area contributed by atoms with E-state index in [0.717, 1.165) is 18.4 Å². The van der Waals surface area contributed by atoms with E-state index in [9.17, 15) is 4.79 Å². The summed E-state index contributed by atoms with van der Waals surface area (Å²) >= 11 is 0. The molecule has 5 heteroatoms. The van der Waals surface area contributed by atoms with Crippen LogP contribution in [-0.2, 0) is 4.79 Å². The van der Waals surface area contributed by atoms with Crippen molar-refractivity contribution in [1.82, 2.24) is 10.6 Å². The first-order valence-corrected chi connectivity index (χ1v) is 7.38. The fourth-order valence-corrected chi connectivity index (χ4v) is 2.11. The summed E-state index contributed by atoms with van der Waals surface area (Å²) in [5, 5.41) is 6.13. The lowest BCUT2D eigenvalue weighted by Crippen LogP contribution is -2.35. The lowest BCUT2D eigenvalue weighted by Gasteiger charge is -2.19. The van der Waals surface area contributed by atoms with Gasteiger partial charge in [0.1, 0.15) is 0 Å². The Hall–Kier alpha value is -1.75. The monoisotopic (exact) mass is 294 g/mol. The molecule has 0 aliphatic rings. The van der Waals surface area contributed by atoms with Gasteiger partial charge in [0.15, 0.2) is 11.5 Å². The van der Waals surface area contributed by atoms with Crippen molar-refractivity contribution in [3.05, 3.63) is 23.8 Å². The zero-order valence-electron chi connectivity index (χ0n) is 13.4. The second-order valence-corrected chi connectivity index (χ2v) is 4.81. The second kappa shape index (κ2) is 9.23. The minimum absolute atomic E-state index is 0.0239. The van der Waals surface area contributed by atoms with E-state index in [1.807, 2.05) is 25.1 Å². The number of methoxy groups -OCH3 is 2. The molecule has 1 amide bonds. The van der Waals surface area contributed by atoms with E-state index in [2.05, 4.69) is 17.6 Å². The topological polar surface area (TPSA) is 59.6 Å². The van der Waals surface area contributed by atoms with Gasteiger partial charge in [-0.1, -0.05) is 19.9 Å². The van der Waals surface area contributed by atoms with Crippen LogP contribution >= 0.6 is 0 Å². The van der Waals surface area contributed by atoms with Gasteiger partial charge in [-0.2, -0.15) is 0 Å². The van der Waals surface area contributed by atoms with Crippen LogP contribution in [0, 0.1) is 0 Å². The van der Waals surface area contributed by atoms with Gasteiger partial charge in [-0.05, 0) is 30.5 Å². The molecule has 0 radical (unpaired) electrons. The molecular formula is C16H26N2O3. The van der Waals surface area contributed by atoms with Gasteiger partial charge in [-0.3, -0.25) is 4.79 Å². The Kier molecular flexibility index (Phi) is 7.61. The van der Waals surface area contributed by atoms with Crippen LogP contribution in [0.3, 0.4) is 0 Å². The van der Waals surface area contributed by atoms with Gasteiger partial charge in [0.2, 0.25) is 5.91 Å². The maximum atomic E-state index is 11.7. The summed E-state index contributed by atoms with van der Waals surface area (Å²) in [7, 11) is 3.24. The number of carbonyl (C=O) groups is 1. The molecule has 0 aliphatic carbocycles. The molecule has 2 N–H and O–H groups in total. The van der Waals surface area contributed by atoms with E-state index in [-0.39, 0.29) is 11.9 Å². The molecule has 118 valence electrons. The SMILES string of the molecule is CCCNC(=O)CNC(CC)c1ccc(OC)c(OC)c1. The van der Waals surface area contributed by atoms with Gasteiger partial charge in [-0.25, -0.2) is 0 Å². The van der Waals surface area contributed by atoms with E-state index in [1.54, 1.807) is 14.2 Å². The molecule has 1 unspecified atom stereocenters. The van der Waals surface area contributed by atoms with Crippen molar-refractivity contribution in [2.24, 2.45) is 0 Å². The fourth-order valence-electron chi connectivity index (χ4n) is 2.11. The lowest BCUT2D eigenvalue weighted by atomic mass is 10.0. The van der Waals surface area contributed by atoms with Gasteiger partial charge >= 0.3 is 0 Å². The number of amides is 1. The fraction of sp³-hybridized carbons (Fsp3) is 0.562. The molecule has 1 atom stereocenters. The Labute approximate surface area is 127 Å². The van der Waals surface area contributed by atoms with Gasteiger partial charge in [0, 0.05) is 12.6 Å². The maximum absolute atomic E-state index is 11.7. The molecule has 0 saturated carbocycles. The number of rotatable bonds is 9. The van der Waals surface area contributed by atoms with E-state index in [0.29, 0.717) is 24.6 Å². The van der Waals surface area contributed by atoms with Crippen LogP contribution in [0.25, 0.3) is 0 Å². The molecule has 1 aromatic rings. The predicted octanol–water partition coefficient (Wildman–Crippen LogP) is 2.27. The van der Waals surface area contributed by atoms with E-state index in [1.165, 1.54) is 0 Å². The van der Waals surface area contributed by atoms with E-state index < -0.39 is 0 Å². The van der Waals surface area contributed by atoms with Crippen molar-refractivity contribution in [3.8, 4) is 11.5 Å². The molecule has 0 fully saturated rings. The smallest absolute Gasteiger partial charge is 0.233 e. The summed E-state index contributed by atoms with van der Waals surface area (Å²) in [6.45, 7) is 5.14. The third-order valence-electron chi connectivity index (χ3n) is 3.30. The molecular weight excluding hydrogens is 268 g/mol. The van der Waals surface area contributed by atoms with Gasteiger partial charge in [0.05, 0.1) is 20.8 Å². The van der Waals surface area contributed by atoms with Gasteiger partial charge < -0.3 is 20.1 Å². The molecule has 5 nitrogen and oxygen atoms in total. The Balaban J connectivity index is 2.69. The Morgan fingerprint density at radius 3 is 2.48 bits per heavy atom. The molecule has 0 saturated heterocycles. The normalized spacial score (nSPS) is 11.8. The number of nitrogens with one attached hydrogen (secondary N) is 2. The summed E-state index contributed by atoms with van der Waals surface area (Å²) in [6, 6.07) is 5.93. The van der Waals surface area contributed by atoms with Crippen molar-refractivity contribution < 1.29 is 14.3 Å². The average Bonchev–Trinajstić information content (AvgIpc) is 2.53. The minimum atomic E-state index is 0.0239. The Morgan fingerprint density at radius 2 is 1.90 bits per heavy atom. The summed E-state index contributed by atoms with van der Waals surface area (Å²) in [5.41, 5.74) is 1.08. The summed E-state index contributed by atoms with van der Waals surface area (Å²) in [5.74, 6) is 1.43. The quantitative estimate of drug-likeness (QED) is 0.733. The molecule has 0 spiro atoms. The van der Waals surface area contributed by atoms with Crippen LogP contribution in [0.2, 0.25) is 0 Å². The molecule has 1 aromatic carbocycles. The number of benzene rings is 1. The standard InChI is InChI=1S/C16H26N2O3/c1-5-9-17-16(19)11-18-13(6-2)12-7-8-14(20-3)15(10-12)21-4/h7-8,10,13,18H,5-6,9,11H2,1-4H3,(H,17,19). The van der Waals surface area contributed by atoms with Crippen molar-refractivity contribution in [2.75, 3.05) is 27.3 Å². The highest BCUT2D eigenvalue weighted by Crippen LogP contribution is 2.30. The van der Waals surface area contributed by atoms with Gasteiger partial charge in [0.25, 0.3) is 0 Å². The first-order chi connectivity index (χ1) is 10.2. The molecule has 0 aliphatic heterocycles. The van der Waals surface area contributed by atoms with Crippen LogP contribution in [0.5, 0.6) is 11.5 Å². The third kappa shape index (κ3) is 5.27. The molecule has 21 heavy (non-hydrogen) atoms. The van der Waals surface area contributed by atoms with Crippen molar-refractivity contribution >= 4 is 5.91 Å². The van der Waals surface area contributed by atoms with Crippen molar-refractivity contribution in [3.63, 3.8) is 0 Å². The number of carbonyl (C=O) groups excluding carboxylic acids is 1. The molecule has 0 heterocycles. The van der Waals surface area contributed by atoms with Crippen LogP contribution in [0.1, 0.15) is 38.3 Å².